The van der Waals surface area contributed by atoms with Crippen molar-refractivity contribution in [3.8, 4) is 0 Å². The van der Waals surface area contributed by atoms with Crippen molar-refractivity contribution in [3.63, 3.8) is 0 Å². The Hall–Kier alpha value is -1.49. The Bertz CT molecular complexity index is 435. The Morgan fingerprint density at radius 3 is 2.79 bits per heavy atom. The van der Waals surface area contributed by atoms with Crippen molar-refractivity contribution in [2.75, 3.05) is 24.5 Å². The van der Waals surface area contributed by atoms with Gasteiger partial charge in [0.1, 0.15) is 12.0 Å². The van der Waals surface area contributed by atoms with Gasteiger partial charge in [-0.05, 0) is 33.2 Å². The van der Waals surface area contributed by atoms with Gasteiger partial charge in [-0.15, -0.1) is 0 Å². The smallest absolute Gasteiger partial charge is 0.158 e. The van der Waals surface area contributed by atoms with E-state index >= 15 is 0 Å². The first-order valence-electron chi connectivity index (χ1n) is 7.04. The first-order chi connectivity index (χ1) is 9.26. The second kappa shape index (κ2) is 6.61. The number of nitrogens with zero attached hydrogens (tertiary/aromatic N) is 4. The number of rotatable bonds is 4. The zero-order chi connectivity index (χ0) is 13.7. The Morgan fingerprint density at radius 2 is 2.16 bits per heavy atom. The molecule has 1 aliphatic heterocycles. The summed E-state index contributed by atoms with van der Waals surface area (Å²) in [6.45, 7) is 9.17. The second-order valence-corrected chi connectivity index (χ2v) is 4.84. The number of aromatic nitrogens is 2. The third-order valence-electron chi connectivity index (χ3n) is 3.53. The lowest BCUT2D eigenvalue weighted by molar-refractivity contribution is 0.422. The van der Waals surface area contributed by atoms with Crippen LogP contribution in [-0.2, 0) is 0 Å². The minimum Gasteiger partial charge on any atom is -0.355 e. The Kier molecular flexibility index (Phi) is 4.85. The molecule has 0 amide bonds. The molecule has 2 heterocycles. The van der Waals surface area contributed by atoms with Crippen molar-refractivity contribution in [3.05, 3.63) is 12.0 Å². The van der Waals surface area contributed by atoms with E-state index in [2.05, 4.69) is 32.1 Å². The lowest BCUT2D eigenvalue weighted by atomic mass is 10.0. The molecule has 19 heavy (non-hydrogen) atoms. The predicted octanol–water partition coefficient (Wildman–Crippen LogP) is 2.09. The molecule has 0 bridgehead atoms. The fourth-order valence-electron chi connectivity index (χ4n) is 2.55. The predicted molar refractivity (Wildman–Crippen MR) is 79.5 cm³/mol. The van der Waals surface area contributed by atoms with Gasteiger partial charge < -0.3 is 10.2 Å². The molecule has 2 rings (SSSR count). The molecule has 1 N–H and O–H groups in total. The normalized spacial score (nSPS) is 17.3. The number of hydrogen-bond donors (Lipinski definition) is 1. The number of hydrogen-bond acceptors (Lipinski definition) is 5. The van der Waals surface area contributed by atoms with Crippen LogP contribution in [0.15, 0.2) is 11.3 Å². The largest absolute Gasteiger partial charge is 0.355 e. The van der Waals surface area contributed by atoms with Crippen LogP contribution in [0, 0.1) is 6.92 Å². The van der Waals surface area contributed by atoms with E-state index in [0.717, 1.165) is 49.7 Å². The maximum absolute atomic E-state index is 4.43. The molecule has 1 saturated heterocycles. The van der Waals surface area contributed by atoms with E-state index in [1.54, 1.807) is 12.5 Å². The Balaban J connectivity index is 2.13. The molecule has 0 spiro atoms. The molecular weight excluding hydrogens is 238 g/mol. The standard InChI is InChI=1S/C14H23N5/c1-4-15-12-6-8-19(9-7-12)14-13(16-5-2)11(3)17-10-18-14/h5,10,12,15H,4,6-9H2,1-3H3. The average Bonchev–Trinajstić information content (AvgIpc) is 2.43. The van der Waals surface area contributed by atoms with Crippen molar-refractivity contribution >= 4 is 17.7 Å². The van der Waals surface area contributed by atoms with Crippen LogP contribution in [0.4, 0.5) is 11.5 Å². The van der Waals surface area contributed by atoms with E-state index in [1.165, 1.54) is 0 Å². The highest BCUT2D eigenvalue weighted by atomic mass is 15.2. The summed E-state index contributed by atoms with van der Waals surface area (Å²) in [7, 11) is 0. The monoisotopic (exact) mass is 261 g/mol. The molecule has 1 aliphatic rings. The molecule has 0 saturated carbocycles. The van der Waals surface area contributed by atoms with Gasteiger partial charge in [0, 0.05) is 25.3 Å². The quantitative estimate of drug-likeness (QED) is 0.843. The maximum Gasteiger partial charge on any atom is 0.158 e. The highest BCUT2D eigenvalue weighted by molar-refractivity contribution is 5.71. The van der Waals surface area contributed by atoms with Gasteiger partial charge in [-0.2, -0.15) is 0 Å². The van der Waals surface area contributed by atoms with Crippen LogP contribution in [0.3, 0.4) is 0 Å². The van der Waals surface area contributed by atoms with Crippen LogP contribution in [0.25, 0.3) is 0 Å². The second-order valence-electron chi connectivity index (χ2n) is 4.84. The summed E-state index contributed by atoms with van der Waals surface area (Å²) in [5.74, 6) is 0.973. The van der Waals surface area contributed by atoms with Gasteiger partial charge in [0.2, 0.25) is 0 Å². The SMILES string of the molecule is CC=Nc1c(C)ncnc1N1CCC(NCC)CC1. The van der Waals surface area contributed by atoms with Crippen molar-refractivity contribution in [2.45, 2.75) is 39.7 Å². The van der Waals surface area contributed by atoms with Crippen LogP contribution in [0.1, 0.15) is 32.4 Å². The third-order valence-corrected chi connectivity index (χ3v) is 3.53. The summed E-state index contributed by atoms with van der Waals surface area (Å²) in [6, 6.07) is 0.641. The summed E-state index contributed by atoms with van der Waals surface area (Å²) in [6.07, 6.45) is 5.76. The number of aliphatic imine (C=N–C) groups is 1. The minimum atomic E-state index is 0.641. The molecule has 5 nitrogen and oxygen atoms in total. The number of anilines is 1. The molecule has 1 fully saturated rings. The molecule has 1 aromatic heterocycles. The molecule has 1 aromatic rings. The fourth-order valence-corrected chi connectivity index (χ4v) is 2.55. The number of piperidine rings is 1. The van der Waals surface area contributed by atoms with E-state index in [1.807, 2.05) is 13.8 Å². The van der Waals surface area contributed by atoms with Crippen LogP contribution in [-0.4, -0.2) is 41.9 Å². The molecular formula is C14H23N5. The number of nitrogens with one attached hydrogen (secondary N) is 1. The molecule has 0 unspecified atom stereocenters. The van der Waals surface area contributed by atoms with Crippen LogP contribution >= 0.6 is 0 Å². The molecule has 0 aliphatic carbocycles. The van der Waals surface area contributed by atoms with Crippen molar-refractivity contribution in [1.82, 2.24) is 15.3 Å². The lowest BCUT2D eigenvalue weighted by Crippen LogP contribution is -2.42. The van der Waals surface area contributed by atoms with Gasteiger partial charge >= 0.3 is 0 Å². The van der Waals surface area contributed by atoms with Crippen LogP contribution in [0.5, 0.6) is 0 Å². The van der Waals surface area contributed by atoms with Crippen LogP contribution < -0.4 is 10.2 Å². The lowest BCUT2D eigenvalue weighted by Gasteiger charge is -2.33. The first-order valence-corrected chi connectivity index (χ1v) is 7.04. The number of aryl methyl sites for hydroxylation is 1. The van der Waals surface area contributed by atoms with E-state index < -0.39 is 0 Å². The highest BCUT2D eigenvalue weighted by Crippen LogP contribution is 2.30. The van der Waals surface area contributed by atoms with Crippen LogP contribution in [0.2, 0.25) is 0 Å². The van der Waals surface area contributed by atoms with Gasteiger partial charge in [-0.3, -0.25) is 4.99 Å². The van der Waals surface area contributed by atoms with E-state index in [0.29, 0.717) is 6.04 Å². The van der Waals surface area contributed by atoms with Gasteiger partial charge in [-0.25, -0.2) is 9.97 Å². The van der Waals surface area contributed by atoms with Gasteiger partial charge in [-0.1, -0.05) is 6.92 Å². The summed E-state index contributed by atoms with van der Waals surface area (Å²) in [5.41, 5.74) is 1.85. The summed E-state index contributed by atoms with van der Waals surface area (Å²) >= 11 is 0. The van der Waals surface area contributed by atoms with Gasteiger partial charge in [0.15, 0.2) is 5.82 Å². The molecule has 0 atom stereocenters. The van der Waals surface area contributed by atoms with E-state index in [9.17, 15) is 0 Å². The zero-order valence-electron chi connectivity index (χ0n) is 12.1. The summed E-state index contributed by atoms with van der Waals surface area (Å²) < 4.78 is 0. The Morgan fingerprint density at radius 1 is 1.42 bits per heavy atom. The first kappa shape index (κ1) is 13.9. The molecule has 5 heteroatoms. The van der Waals surface area contributed by atoms with Crippen molar-refractivity contribution in [2.24, 2.45) is 4.99 Å². The minimum absolute atomic E-state index is 0.641. The molecule has 0 aromatic carbocycles. The topological polar surface area (TPSA) is 53.4 Å². The Labute approximate surface area is 115 Å². The summed E-state index contributed by atoms with van der Waals surface area (Å²) in [4.78, 5) is 15.4. The van der Waals surface area contributed by atoms with Crippen molar-refractivity contribution in [1.29, 1.82) is 0 Å². The molecule has 104 valence electrons. The molecule has 0 radical (unpaired) electrons. The maximum atomic E-state index is 4.43. The van der Waals surface area contributed by atoms with Crippen molar-refractivity contribution < 1.29 is 0 Å². The average molecular weight is 261 g/mol. The van der Waals surface area contributed by atoms with E-state index in [-0.39, 0.29) is 0 Å². The summed E-state index contributed by atoms with van der Waals surface area (Å²) in [5, 5.41) is 3.52. The van der Waals surface area contributed by atoms with Gasteiger partial charge in [0.25, 0.3) is 0 Å². The van der Waals surface area contributed by atoms with Gasteiger partial charge in [0.05, 0.1) is 5.69 Å². The highest BCUT2D eigenvalue weighted by Gasteiger charge is 2.22. The zero-order valence-corrected chi connectivity index (χ0v) is 12.1. The van der Waals surface area contributed by atoms with E-state index in [4.69, 9.17) is 0 Å². The fraction of sp³-hybridized carbons (Fsp3) is 0.643. The third kappa shape index (κ3) is 3.29.